The van der Waals surface area contributed by atoms with Crippen LogP contribution in [-0.2, 0) is 11.2 Å². The first-order valence-corrected chi connectivity index (χ1v) is 6.42. The molecule has 0 bridgehead atoms. The fraction of sp³-hybridized carbons (Fsp3) is 0.286. The number of carbonyl (C=O) groups is 1. The van der Waals surface area contributed by atoms with Crippen molar-refractivity contribution in [3.05, 3.63) is 41.0 Å². The summed E-state index contributed by atoms with van der Waals surface area (Å²) in [5.74, 6) is -0.151. The van der Waals surface area contributed by atoms with Gasteiger partial charge in [0.1, 0.15) is 0 Å². The van der Waals surface area contributed by atoms with Crippen molar-refractivity contribution in [2.45, 2.75) is 19.4 Å². The number of hydrogen-bond acceptors (Lipinski definition) is 3. The topological polar surface area (TPSA) is 62.2 Å². The Kier molecular flexibility index (Phi) is 4.35. The van der Waals surface area contributed by atoms with Crippen molar-refractivity contribution in [3.8, 4) is 0 Å². The highest BCUT2D eigenvalue weighted by Gasteiger charge is 2.06. The molecule has 0 aliphatic rings. The number of amides is 1. The number of aliphatic hydroxyl groups excluding tert-OH is 1. The highest BCUT2D eigenvalue weighted by atomic mass is 35.5. The molecule has 1 atom stereocenters. The molecule has 0 aliphatic heterocycles. The van der Waals surface area contributed by atoms with Gasteiger partial charge >= 0.3 is 0 Å². The van der Waals surface area contributed by atoms with E-state index in [9.17, 15) is 4.79 Å². The average Bonchev–Trinajstić information content (AvgIpc) is 2.36. The largest absolute Gasteiger partial charge is 0.392 e. The Morgan fingerprint density at radius 1 is 1.42 bits per heavy atom. The maximum absolute atomic E-state index is 11.6. The van der Waals surface area contributed by atoms with Gasteiger partial charge in [-0.25, -0.2) is 0 Å². The summed E-state index contributed by atoms with van der Waals surface area (Å²) >= 11 is 5.90. The molecule has 0 aliphatic carbocycles. The summed E-state index contributed by atoms with van der Waals surface area (Å²) in [6, 6.07) is 9.14. The molecule has 1 unspecified atom stereocenters. The highest BCUT2D eigenvalue weighted by molar-refractivity contribution is 6.31. The van der Waals surface area contributed by atoms with E-state index in [0.29, 0.717) is 10.7 Å². The molecule has 0 saturated carbocycles. The molecule has 1 aromatic carbocycles. The van der Waals surface area contributed by atoms with Crippen molar-refractivity contribution < 1.29 is 9.90 Å². The van der Waals surface area contributed by atoms with E-state index in [-0.39, 0.29) is 18.9 Å². The van der Waals surface area contributed by atoms with E-state index in [1.807, 2.05) is 18.2 Å². The molecule has 1 heterocycles. The zero-order chi connectivity index (χ0) is 13.8. The second-order valence-electron chi connectivity index (χ2n) is 4.47. The molecule has 4 nitrogen and oxygen atoms in total. The van der Waals surface area contributed by atoms with Crippen molar-refractivity contribution >= 4 is 28.4 Å². The second kappa shape index (κ2) is 5.99. The lowest BCUT2D eigenvalue weighted by atomic mass is 10.2. The summed E-state index contributed by atoms with van der Waals surface area (Å²) in [5.41, 5.74) is 1.50. The molecule has 1 amide bonds. The van der Waals surface area contributed by atoms with Crippen LogP contribution in [0.15, 0.2) is 30.3 Å². The molecule has 2 aromatic rings. The highest BCUT2D eigenvalue weighted by Crippen LogP contribution is 2.18. The van der Waals surface area contributed by atoms with Gasteiger partial charge in [0.25, 0.3) is 0 Å². The molecule has 2 rings (SSSR count). The third-order valence-electron chi connectivity index (χ3n) is 2.65. The van der Waals surface area contributed by atoms with Crippen LogP contribution in [0, 0.1) is 0 Å². The van der Waals surface area contributed by atoms with Gasteiger partial charge in [0, 0.05) is 17.0 Å². The normalized spacial score (nSPS) is 12.4. The molecule has 0 saturated heterocycles. The lowest BCUT2D eigenvalue weighted by Gasteiger charge is -2.07. The smallest absolute Gasteiger partial charge is 0.226 e. The first kappa shape index (κ1) is 13.8. The standard InChI is InChI=1S/C14H15ClN2O2/c1-9(18)8-16-14(19)7-12-4-2-10-6-11(15)3-5-13(10)17-12/h2-6,9,18H,7-8H2,1H3,(H,16,19). The van der Waals surface area contributed by atoms with Gasteiger partial charge in [0.2, 0.25) is 5.91 Å². The zero-order valence-corrected chi connectivity index (χ0v) is 11.3. The minimum absolute atomic E-state index is 0.151. The summed E-state index contributed by atoms with van der Waals surface area (Å²) in [6.45, 7) is 1.88. The molecule has 100 valence electrons. The van der Waals surface area contributed by atoms with Crippen LogP contribution in [0.4, 0.5) is 0 Å². The molecule has 1 aromatic heterocycles. The summed E-state index contributed by atoms with van der Waals surface area (Å²) in [7, 11) is 0. The van der Waals surface area contributed by atoms with Gasteiger partial charge in [-0.05, 0) is 31.2 Å². The van der Waals surface area contributed by atoms with E-state index in [1.165, 1.54) is 0 Å². The Morgan fingerprint density at radius 2 is 2.21 bits per heavy atom. The number of rotatable bonds is 4. The number of aromatic nitrogens is 1. The predicted octanol–water partition coefficient (Wildman–Crippen LogP) is 1.93. The van der Waals surface area contributed by atoms with E-state index in [4.69, 9.17) is 16.7 Å². The third kappa shape index (κ3) is 3.91. The van der Waals surface area contributed by atoms with Crippen LogP contribution in [0.2, 0.25) is 5.02 Å². The Balaban J connectivity index is 2.09. The molecule has 5 heteroatoms. The number of pyridine rings is 1. The lowest BCUT2D eigenvalue weighted by Crippen LogP contribution is -2.31. The molecule has 2 N–H and O–H groups in total. The Hall–Kier alpha value is -1.65. The van der Waals surface area contributed by atoms with Crippen LogP contribution in [0.3, 0.4) is 0 Å². The summed E-state index contributed by atoms with van der Waals surface area (Å²) in [6.07, 6.45) is -0.346. The SMILES string of the molecule is CC(O)CNC(=O)Cc1ccc2cc(Cl)ccc2n1. The average molecular weight is 279 g/mol. The minimum Gasteiger partial charge on any atom is -0.392 e. The van der Waals surface area contributed by atoms with E-state index in [0.717, 1.165) is 10.9 Å². The van der Waals surface area contributed by atoms with Crippen molar-refractivity contribution in [2.75, 3.05) is 6.54 Å². The number of fused-ring (bicyclic) bond motifs is 1. The third-order valence-corrected chi connectivity index (χ3v) is 2.88. The zero-order valence-electron chi connectivity index (χ0n) is 10.6. The number of benzene rings is 1. The van der Waals surface area contributed by atoms with Gasteiger partial charge in [-0.3, -0.25) is 9.78 Å². The molecule has 0 fully saturated rings. The van der Waals surface area contributed by atoms with Gasteiger partial charge in [-0.2, -0.15) is 0 Å². The fourth-order valence-corrected chi connectivity index (χ4v) is 1.91. The van der Waals surface area contributed by atoms with Crippen LogP contribution in [0.5, 0.6) is 0 Å². The molecule has 0 radical (unpaired) electrons. The van der Waals surface area contributed by atoms with Crippen molar-refractivity contribution in [2.24, 2.45) is 0 Å². The maximum atomic E-state index is 11.6. The van der Waals surface area contributed by atoms with Crippen LogP contribution in [0.1, 0.15) is 12.6 Å². The quantitative estimate of drug-likeness (QED) is 0.898. The fourth-order valence-electron chi connectivity index (χ4n) is 1.73. The molecular weight excluding hydrogens is 264 g/mol. The number of aliphatic hydroxyl groups is 1. The van der Waals surface area contributed by atoms with Crippen LogP contribution < -0.4 is 5.32 Å². The minimum atomic E-state index is -0.546. The number of nitrogens with zero attached hydrogens (tertiary/aromatic N) is 1. The van der Waals surface area contributed by atoms with Crippen LogP contribution in [-0.4, -0.2) is 28.6 Å². The number of nitrogens with one attached hydrogen (secondary N) is 1. The van der Waals surface area contributed by atoms with E-state index in [1.54, 1.807) is 19.1 Å². The Morgan fingerprint density at radius 3 is 2.95 bits per heavy atom. The summed E-state index contributed by atoms with van der Waals surface area (Å²) in [5, 5.41) is 13.3. The number of halogens is 1. The van der Waals surface area contributed by atoms with Gasteiger partial charge < -0.3 is 10.4 Å². The van der Waals surface area contributed by atoms with Crippen LogP contribution in [0.25, 0.3) is 10.9 Å². The van der Waals surface area contributed by atoms with Gasteiger partial charge in [-0.15, -0.1) is 0 Å². The Labute approximate surface area is 116 Å². The predicted molar refractivity (Wildman–Crippen MR) is 75.1 cm³/mol. The maximum Gasteiger partial charge on any atom is 0.226 e. The first-order valence-electron chi connectivity index (χ1n) is 6.04. The monoisotopic (exact) mass is 278 g/mol. The van der Waals surface area contributed by atoms with Gasteiger partial charge in [-0.1, -0.05) is 17.7 Å². The Bertz CT molecular complexity index is 599. The van der Waals surface area contributed by atoms with E-state index in [2.05, 4.69) is 10.3 Å². The summed E-state index contributed by atoms with van der Waals surface area (Å²) < 4.78 is 0. The van der Waals surface area contributed by atoms with Gasteiger partial charge in [0.05, 0.1) is 23.7 Å². The van der Waals surface area contributed by atoms with Gasteiger partial charge in [0.15, 0.2) is 0 Å². The number of carbonyl (C=O) groups excluding carboxylic acids is 1. The first-order chi connectivity index (χ1) is 9.04. The lowest BCUT2D eigenvalue weighted by molar-refractivity contribution is -0.120. The second-order valence-corrected chi connectivity index (χ2v) is 4.91. The molecule has 0 spiro atoms. The van der Waals surface area contributed by atoms with E-state index < -0.39 is 6.10 Å². The van der Waals surface area contributed by atoms with Crippen LogP contribution >= 0.6 is 11.6 Å². The summed E-state index contributed by atoms with van der Waals surface area (Å²) in [4.78, 5) is 16.0. The van der Waals surface area contributed by atoms with Crippen molar-refractivity contribution in [3.63, 3.8) is 0 Å². The van der Waals surface area contributed by atoms with Crippen molar-refractivity contribution in [1.82, 2.24) is 10.3 Å². The molecule has 19 heavy (non-hydrogen) atoms. The molecular formula is C14H15ClN2O2. The van der Waals surface area contributed by atoms with Crippen molar-refractivity contribution in [1.29, 1.82) is 0 Å². The van der Waals surface area contributed by atoms with E-state index >= 15 is 0 Å². The number of hydrogen-bond donors (Lipinski definition) is 2.